The van der Waals surface area contributed by atoms with Crippen LogP contribution < -0.4 is 5.32 Å². The highest BCUT2D eigenvalue weighted by Crippen LogP contribution is 2.43. The van der Waals surface area contributed by atoms with Gasteiger partial charge in [0.15, 0.2) is 0 Å². The third kappa shape index (κ3) is 5.50. The van der Waals surface area contributed by atoms with E-state index in [1.165, 1.54) is 49.7 Å². The van der Waals surface area contributed by atoms with Gasteiger partial charge >= 0.3 is 12.1 Å². The minimum absolute atomic E-state index is 0.144. The van der Waals surface area contributed by atoms with E-state index in [1.807, 2.05) is 42.5 Å². The summed E-state index contributed by atoms with van der Waals surface area (Å²) in [6.45, 7) is 0.144. The van der Waals surface area contributed by atoms with E-state index in [9.17, 15) is 14.7 Å². The van der Waals surface area contributed by atoms with E-state index >= 15 is 0 Å². The summed E-state index contributed by atoms with van der Waals surface area (Å²) < 4.78 is 5.36. The molecule has 2 aromatic carbocycles. The minimum atomic E-state index is -1.02. The van der Waals surface area contributed by atoms with Crippen molar-refractivity contribution in [3.63, 3.8) is 0 Å². The summed E-state index contributed by atoms with van der Waals surface area (Å²) >= 11 is 0. The van der Waals surface area contributed by atoms with Crippen LogP contribution in [0.5, 0.6) is 0 Å². The number of hydrogen-bond donors (Lipinski definition) is 2. The maximum Gasteiger partial charge on any atom is 0.411 e. The zero-order valence-electron chi connectivity index (χ0n) is 18.6. The molecule has 0 spiro atoms. The second-order valence-corrected chi connectivity index (χ2v) is 9.19. The van der Waals surface area contributed by atoms with Gasteiger partial charge in [0.2, 0.25) is 0 Å². The molecule has 2 aliphatic carbocycles. The van der Waals surface area contributed by atoms with Gasteiger partial charge in [-0.1, -0.05) is 68.9 Å². The van der Waals surface area contributed by atoms with Gasteiger partial charge in [0.05, 0.1) is 11.3 Å². The van der Waals surface area contributed by atoms with Crippen LogP contribution in [0, 0.1) is 0 Å². The van der Waals surface area contributed by atoms with Crippen LogP contribution in [-0.2, 0) is 11.3 Å². The van der Waals surface area contributed by atoms with Crippen molar-refractivity contribution in [2.24, 2.45) is 0 Å². The second-order valence-electron chi connectivity index (χ2n) is 9.19. The summed E-state index contributed by atoms with van der Waals surface area (Å²) in [5, 5.41) is 12.6. The Morgan fingerprint density at radius 1 is 0.844 bits per heavy atom. The molecular formula is C27H33NO4. The second kappa shape index (κ2) is 10.7. The molecule has 0 radical (unpaired) electrons. The van der Waals surface area contributed by atoms with Gasteiger partial charge in [0, 0.05) is 0 Å². The van der Waals surface area contributed by atoms with Crippen LogP contribution >= 0.6 is 0 Å². The summed E-state index contributed by atoms with van der Waals surface area (Å²) in [6, 6.07) is 13.2. The predicted octanol–water partition coefficient (Wildman–Crippen LogP) is 7.23. The number of nitrogens with one attached hydrogen (secondary N) is 1. The first-order valence-electron chi connectivity index (χ1n) is 12.0. The van der Waals surface area contributed by atoms with Crippen molar-refractivity contribution in [3.8, 4) is 0 Å². The van der Waals surface area contributed by atoms with Gasteiger partial charge in [-0.15, -0.1) is 0 Å². The SMILES string of the molecule is O=C(Nc1cc(C2CCCCC2)c(C2CCCCC2)cc1C(=O)O)OCc1ccccc1. The van der Waals surface area contributed by atoms with E-state index in [0.717, 1.165) is 31.2 Å². The number of carbonyl (C=O) groups excluding carboxylic acids is 1. The smallest absolute Gasteiger partial charge is 0.411 e. The predicted molar refractivity (Wildman–Crippen MR) is 125 cm³/mol. The largest absolute Gasteiger partial charge is 0.478 e. The molecule has 0 saturated heterocycles. The molecule has 0 unspecified atom stereocenters. The Balaban J connectivity index is 1.61. The number of hydrogen-bond acceptors (Lipinski definition) is 3. The van der Waals surface area contributed by atoms with Gasteiger partial charge in [0.25, 0.3) is 0 Å². The number of aromatic carboxylic acids is 1. The minimum Gasteiger partial charge on any atom is -0.478 e. The van der Waals surface area contributed by atoms with Crippen LogP contribution in [0.2, 0.25) is 0 Å². The van der Waals surface area contributed by atoms with Crippen molar-refractivity contribution < 1.29 is 19.4 Å². The number of ether oxygens (including phenoxy) is 1. The van der Waals surface area contributed by atoms with Gasteiger partial charge in [-0.05, 0) is 66.3 Å². The molecule has 5 nitrogen and oxygen atoms in total. The lowest BCUT2D eigenvalue weighted by atomic mass is 9.75. The molecule has 2 aliphatic rings. The molecule has 1 amide bonds. The lowest BCUT2D eigenvalue weighted by Crippen LogP contribution is -2.19. The van der Waals surface area contributed by atoms with Crippen LogP contribution in [0.3, 0.4) is 0 Å². The number of carboxylic acid groups (broad SMARTS) is 1. The van der Waals surface area contributed by atoms with Gasteiger partial charge in [-0.25, -0.2) is 9.59 Å². The number of carboxylic acids is 1. The fraction of sp³-hybridized carbons (Fsp3) is 0.481. The average Bonchev–Trinajstić information content (AvgIpc) is 2.84. The molecule has 2 aromatic rings. The molecular weight excluding hydrogens is 402 g/mol. The number of carbonyl (C=O) groups is 2. The average molecular weight is 436 g/mol. The number of amides is 1. The van der Waals surface area contributed by atoms with Gasteiger partial charge in [0.1, 0.15) is 6.61 Å². The third-order valence-electron chi connectivity index (χ3n) is 6.99. The van der Waals surface area contributed by atoms with Crippen LogP contribution in [0.15, 0.2) is 42.5 Å². The molecule has 170 valence electrons. The molecule has 0 aromatic heterocycles. The number of rotatable bonds is 6. The molecule has 2 N–H and O–H groups in total. The number of anilines is 1. The summed E-state index contributed by atoms with van der Waals surface area (Å²) in [5.41, 5.74) is 3.81. The summed E-state index contributed by atoms with van der Waals surface area (Å²) in [6.07, 6.45) is 11.2. The molecule has 32 heavy (non-hydrogen) atoms. The van der Waals surface area contributed by atoms with Crippen molar-refractivity contribution in [2.75, 3.05) is 5.32 Å². The Labute approximate surface area is 190 Å². The summed E-state index contributed by atoms with van der Waals surface area (Å²) in [7, 11) is 0. The monoisotopic (exact) mass is 435 g/mol. The highest BCUT2D eigenvalue weighted by Gasteiger charge is 2.27. The first kappa shape index (κ1) is 22.4. The van der Waals surface area contributed by atoms with Crippen molar-refractivity contribution in [3.05, 3.63) is 64.7 Å². The van der Waals surface area contributed by atoms with Crippen LogP contribution in [0.4, 0.5) is 10.5 Å². The lowest BCUT2D eigenvalue weighted by molar-refractivity contribution is 0.0698. The first-order valence-corrected chi connectivity index (χ1v) is 12.0. The maximum atomic E-state index is 12.5. The zero-order chi connectivity index (χ0) is 22.3. The first-order chi connectivity index (χ1) is 15.6. The molecule has 5 heteroatoms. The standard InChI is InChI=1S/C27H33NO4/c29-26(30)24-16-22(20-12-6-2-7-13-20)23(21-14-8-3-9-15-21)17-25(24)28-27(31)32-18-19-10-4-1-5-11-19/h1,4-5,10-11,16-17,20-21H,2-3,6-9,12-15,18H2,(H,28,31)(H,29,30). The zero-order valence-corrected chi connectivity index (χ0v) is 18.6. The van der Waals surface area contributed by atoms with Crippen molar-refractivity contribution in [1.82, 2.24) is 0 Å². The van der Waals surface area contributed by atoms with E-state index < -0.39 is 12.1 Å². The molecule has 0 atom stereocenters. The van der Waals surface area contributed by atoms with Crippen LogP contribution in [0.1, 0.15) is 103 Å². The van der Waals surface area contributed by atoms with E-state index in [-0.39, 0.29) is 12.2 Å². The molecule has 2 saturated carbocycles. The van der Waals surface area contributed by atoms with Crippen molar-refractivity contribution >= 4 is 17.7 Å². The van der Waals surface area contributed by atoms with Crippen molar-refractivity contribution in [1.29, 1.82) is 0 Å². The number of benzene rings is 2. The Kier molecular flexibility index (Phi) is 7.46. The summed E-state index contributed by atoms with van der Waals surface area (Å²) in [4.78, 5) is 24.6. The van der Waals surface area contributed by atoms with Gasteiger partial charge < -0.3 is 9.84 Å². The van der Waals surface area contributed by atoms with Gasteiger partial charge in [-0.3, -0.25) is 5.32 Å². The summed E-state index contributed by atoms with van der Waals surface area (Å²) in [5.74, 6) is -0.169. The third-order valence-corrected chi connectivity index (χ3v) is 6.99. The molecule has 2 fully saturated rings. The maximum absolute atomic E-state index is 12.5. The Morgan fingerprint density at radius 2 is 1.41 bits per heavy atom. The quantitative estimate of drug-likeness (QED) is 0.502. The highest BCUT2D eigenvalue weighted by molar-refractivity contribution is 5.99. The Morgan fingerprint density at radius 3 is 1.97 bits per heavy atom. The Bertz CT molecular complexity index is 928. The van der Waals surface area contributed by atoms with Crippen molar-refractivity contribution in [2.45, 2.75) is 82.7 Å². The van der Waals surface area contributed by atoms with E-state index in [2.05, 4.69) is 5.32 Å². The lowest BCUT2D eigenvalue weighted by Gasteiger charge is -2.30. The molecule has 0 aliphatic heterocycles. The highest BCUT2D eigenvalue weighted by atomic mass is 16.5. The molecule has 0 heterocycles. The Hall–Kier alpha value is -2.82. The van der Waals surface area contributed by atoms with Crippen LogP contribution in [0.25, 0.3) is 0 Å². The molecule has 0 bridgehead atoms. The van der Waals surface area contributed by atoms with Crippen LogP contribution in [-0.4, -0.2) is 17.2 Å². The van der Waals surface area contributed by atoms with Gasteiger partial charge in [-0.2, -0.15) is 0 Å². The molecule has 4 rings (SSSR count). The van der Waals surface area contributed by atoms with E-state index in [4.69, 9.17) is 4.74 Å². The normalized spacial score (nSPS) is 17.6. The topological polar surface area (TPSA) is 75.6 Å². The fourth-order valence-corrected chi connectivity index (χ4v) is 5.32. The van der Waals surface area contributed by atoms with E-state index in [1.54, 1.807) is 0 Å². The van der Waals surface area contributed by atoms with E-state index in [0.29, 0.717) is 17.5 Å². The fourth-order valence-electron chi connectivity index (χ4n) is 5.32.